The SMILES string of the molecule is O=C(c1nc(-c2cnc3c(c2Cl)CCN3)no1)N1CCS(=O)(=O)CC1. The lowest BCUT2D eigenvalue weighted by molar-refractivity contribution is 0.0720. The molecule has 1 N–H and O–H groups in total. The first-order chi connectivity index (χ1) is 11.9. The summed E-state index contributed by atoms with van der Waals surface area (Å²) in [5.41, 5.74) is 1.38. The molecule has 0 aromatic carbocycles. The van der Waals surface area contributed by atoms with Gasteiger partial charge in [-0.05, 0) is 6.42 Å². The summed E-state index contributed by atoms with van der Waals surface area (Å²) in [4.78, 5) is 22.2. The predicted octanol–water partition coefficient (Wildman–Crippen LogP) is 0.624. The number of hydrogen-bond donors (Lipinski definition) is 1. The minimum absolute atomic E-state index is 0.0622. The van der Waals surface area contributed by atoms with E-state index in [0.717, 1.165) is 24.3 Å². The molecule has 0 spiro atoms. The van der Waals surface area contributed by atoms with Crippen LogP contribution in [-0.4, -0.2) is 65.5 Å². The Balaban J connectivity index is 1.58. The second-order valence-corrected chi connectivity index (χ2v) is 8.54. The highest BCUT2D eigenvalue weighted by Gasteiger charge is 2.29. The zero-order valence-electron chi connectivity index (χ0n) is 13.0. The smallest absolute Gasteiger partial charge is 0.316 e. The normalized spacial score (nSPS) is 18.7. The lowest BCUT2D eigenvalue weighted by Gasteiger charge is -2.24. The molecule has 1 fully saturated rings. The molecule has 25 heavy (non-hydrogen) atoms. The van der Waals surface area contributed by atoms with E-state index in [-0.39, 0.29) is 36.3 Å². The molecular formula is C14H14ClN5O4S. The fourth-order valence-corrected chi connectivity index (χ4v) is 4.36. The van der Waals surface area contributed by atoms with Crippen LogP contribution in [0, 0.1) is 0 Å². The lowest BCUT2D eigenvalue weighted by Crippen LogP contribution is -2.43. The Kier molecular flexibility index (Phi) is 3.88. The van der Waals surface area contributed by atoms with Gasteiger partial charge in [0.2, 0.25) is 5.82 Å². The van der Waals surface area contributed by atoms with Crippen LogP contribution in [0.5, 0.6) is 0 Å². The van der Waals surface area contributed by atoms with Crippen LogP contribution in [0.3, 0.4) is 0 Å². The number of pyridine rings is 1. The van der Waals surface area contributed by atoms with Crippen LogP contribution < -0.4 is 5.32 Å². The lowest BCUT2D eigenvalue weighted by atomic mass is 10.1. The minimum Gasteiger partial charge on any atom is -0.369 e. The van der Waals surface area contributed by atoms with Gasteiger partial charge in [-0.3, -0.25) is 4.79 Å². The summed E-state index contributed by atoms with van der Waals surface area (Å²) in [5.74, 6) is 0.119. The number of carbonyl (C=O) groups excluding carboxylic acids is 1. The van der Waals surface area contributed by atoms with Gasteiger partial charge >= 0.3 is 11.8 Å². The van der Waals surface area contributed by atoms with Gasteiger partial charge in [-0.15, -0.1) is 0 Å². The maximum absolute atomic E-state index is 12.4. The highest BCUT2D eigenvalue weighted by molar-refractivity contribution is 7.91. The number of nitrogens with zero attached hydrogens (tertiary/aromatic N) is 4. The number of aromatic nitrogens is 3. The number of amides is 1. The monoisotopic (exact) mass is 383 g/mol. The molecule has 11 heteroatoms. The molecule has 2 aliphatic rings. The summed E-state index contributed by atoms with van der Waals surface area (Å²) in [5, 5.41) is 7.43. The fraction of sp³-hybridized carbons (Fsp3) is 0.429. The van der Waals surface area contributed by atoms with E-state index in [2.05, 4.69) is 20.4 Å². The molecule has 0 aliphatic carbocycles. The average Bonchev–Trinajstić information content (AvgIpc) is 3.24. The summed E-state index contributed by atoms with van der Waals surface area (Å²) in [6.07, 6.45) is 2.28. The van der Waals surface area contributed by atoms with Gasteiger partial charge < -0.3 is 14.7 Å². The third-order valence-corrected chi connectivity index (χ3v) is 6.30. The molecule has 0 bridgehead atoms. The Hall–Kier alpha value is -2.20. The van der Waals surface area contributed by atoms with Crippen molar-refractivity contribution in [1.82, 2.24) is 20.0 Å². The van der Waals surface area contributed by atoms with E-state index in [1.54, 1.807) is 0 Å². The topological polar surface area (TPSA) is 118 Å². The Morgan fingerprint density at radius 1 is 1.32 bits per heavy atom. The van der Waals surface area contributed by atoms with Gasteiger partial charge in [-0.2, -0.15) is 4.98 Å². The fourth-order valence-electron chi connectivity index (χ4n) is 2.84. The highest BCUT2D eigenvalue weighted by atomic mass is 35.5. The van der Waals surface area contributed by atoms with Crippen LogP contribution in [0.4, 0.5) is 5.82 Å². The van der Waals surface area contributed by atoms with Gasteiger partial charge in [0.15, 0.2) is 9.84 Å². The zero-order chi connectivity index (χ0) is 17.6. The maximum atomic E-state index is 12.4. The van der Waals surface area contributed by atoms with Crippen LogP contribution in [0.15, 0.2) is 10.7 Å². The van der Waals surface area contributed by atoms with Crippen LogP contribution in [0.1, 0.15) is 16.2 Å². The summed E-state index contributed by atoms with van der Waals surface area (Å²) >= 11 is 6.39. The first-order valence-corrected chi connectivity index (χ1v) is 9.89. The Labute approximate surface area is 148 Å². The summed E-state index contributed by atoms with van der Waals surface area (Å²) in [7, 11) is -3.07. The van der Waals surface area contributed by atoms with Crippen molar-refractivity contribution in [1.29, 1.82) is 0 Å². The second-order valence-electron chi connectivity index (χ2n) is 5.86. The summed E-state index contributed by atoms with van der Waals surface area (Å²) in [6.45, 7) is 0.997. The number of carbonyl (C=O) groups is 1. The molecule has 0 unspecified atom stereocenters. The first kappa shape index (κ1) is 16.3. The molecule has 0 saturated carbocycles. The largest absolute Gasteiger partial charge is 0.369 e. The molecule has 9 nitrogen and oxygen atoms in total. The van der Waals surface area contributed by atoms with E-state index in [1.165, 1.54) is 11.1 Å². The van der Waals surface area contributed by atoms with E-state index < -0.39 is 15.7 Å². The maximum Gasteiger partial charge on any atom is 0.316 e. The van der Waals surface area contributed by atoms with E-state index in [1.807, 2.05) is 0 Å². The van der Waals surface area contributed by atoms with Crippen molar-refractivity contribution in [2.24, 2.45) is 0 Å². The van der Waals surface area contributed by atoms with Gasteiger partial charge in [0.1, 0.15) is 5.82 Å². The molecule has 4 heterocycles. The van der Waals surface area contributed by atoms with Crippen LogP contribution in [-0.2, 0) is 16.3 Å². The van der Waals surface area contributed by atoms with Gasteiger partial charge in [0.25, 0.3) is 0 Å². The number of hydrogen-bond acceptors (Lipinski definition) is 8. The third kappa shape index (κ3) is 2.95. The minimum atomic E-state index is -3.07. The van der Waals surface area contributed by atoms with Crippen molar-refractivity contribution in [3.8, 4) is 11.4 Å². The van der Waals surface area contributed by atoms with Crippen molar-refractivity contribution in [3.63, 3.8) is 0 Å². The van der Waals surface area contributed by atoms with Crippen molar-refractivity contribution < 1.29 is 17.7 Å². The summed E-state index contributed by atoms with van der Waals surface area (Å²) in [6, 6.07) is 0. The van der Waals surface area contributed by atoms with Crippen molar-refractivity contribution in [2.45, 2.75) is 6.42 Å². The van der Waals surface area contributed by atoms with Crippen LogP contribution in [0.2, 0.25) is 5.02 Å². The van der Waals surface area contributed by atoms with Crippen LogP contribution in [0.25, 0.3) is 11.4 Å². The van der Waals surface area contributed by atoms with Gasteiger partial charge in [-0.1, -0.05) is 16.8 Å². The van der Waals surface area contributed by atoms with Crippen LogP contribution >= 0.6 is 11.6 Å². The number of fused-ring (bicyclic) bond motifs is 1. The predicted molar refractivity (Wildman–Crippen MR) is 89.3 cm³/mol. The average molecular weight is 384 g/mol. The number of nitrogens with one attached hydrogen (secondary N) is 1. The first-order valence-electron chi connectivity index (χ1n) is 7.69. The quantitative estimate of drug-likeness (QED) is 0.801. The molecule has 2 aromatic rings. The third-order valence-electron chi connectivity index (χ3n) is 4.26. The van der Waals surface area contributed by atoms with Crippen molar-refractivity contribution in [3.05, 3.63) is 22.7 Å². The molecule has 0 radical (unpaired) electrons. The van der Waals surface area contributed by atoms with Gasteiger partial charge in [0, 0.05) is 31.4 Å². The van der Waals surface area contributed by atoms with Gasteiger partial charge in [-0.25, -0.2) is 13.4 Å². The Bertz CT molecular complexity index is 944. The second kappa shape index (κ2) is 5.95. The van der Waals surface area contributed by atoms with E-state index in [4.69, 9.17) is 16.1 Å². The van der Waals surface area contributed by atoms with E-state index in [9.17, 15) is 13.2 Å². The molecule has 2 aromatic heterocycles. The number of rotatable bonds is 2. The molecule has 4 rings (SSSR count). The molecule has 2 aliphatic heterocycles. The van der Waals surface area contributed by atoms with Crippen molar-refractivity contribution >= 4 is 33.2 Å². The van der Waals surface area contributed by atoms with E-state index in [0.29, 0.717) is 10.6 Å². The molecular weight excluding hydrogens is 370 g/mol. The highest BCUT2D eigenvalue weighted by Crippen LogP contribution is 2.34. The molecule has 0 atom stereocenters. The standard InChI is InChI=1S/C14H14ClN5O4S/c15-10-8-1-2-16-11(8)17-7-9(10)12-18-13(24-19-12)14(21)20-3-5-25(22,23)6-4-20/h7H,1-6H2,(H,16,17). The number of sulfone groups is 1. The molecule has 1 saturated heterocycles. The molecule has 132 valence electrons. The van der Waals surface area contributed by atoms with E-state index >= 15 is 0 Å². The molecule has 1 amide bonds. The zero-order valence-corrected chi connectivity index (χ0v) is 14.6. The number of anilines is 1. The van der Waals surface area contributed by atoms with Gasteiger partial charge in [0.05, 0.1) is 22.1 Å². The Morgan fingerprint density at radius 3 is 2.84 bits per heavy atom. The Morgan fingerprint density at radius 2 is 2.08 bits per heavy atom. The van der Waals surface area contributed by atoms with Crippen molar-refractivity contribution in [2.75, 3.05) is 36.5 Å². The number of halogens is 1. The summed E-state index contributed by atoms with van der Waals surface area (Å²) < 4.78 is 28.0.